The van der Waals surface area contributed by atoms with E-state index >= 15 is 0 Å². The standard InChI is InChI=1S/C14H17N7OS/c1-8(11-18-19-12-13(22)15-6-7-21(11)12)16-14-17-10(20-23-14)9-4-2-3-5-9/h6-9H,2-5H2,1H3,(H,15,22)(H,16,17,20). The first-order chi connectivity index (χ1) is 11.2. The third-order valence-corrected chi connectivity index (χ3v) is 4.91. The molecule has 1 unspecified atom stereocenters. The molecule has 1 aliphatic rings. The van der Waals surface area contributed by atoms with E-state index in [2.05, 4.69) is 29.9 Å². The van der Waals surface area contributed by atoms with Crippen LogP contribution in [0.5, 0.6) is 0 Å². The summed E-state index contributed by atoms with van der Waals surface area (Å²) < 4.78 is 6.17. The maximum absolute atomic E-state index is 11.7. The molecule has 0 bridgehead atoms. The molecule has 23 heavy (non-hydrogen) atoms. The summed E-state index contributed by atoms with van der Waals surface area (Å²) in [6.45, 7) is 1.97. The van der Waals surface area contributed by atoms with Gasteiger partial charge in [-0.1, -0.05) is 12.8 Å². The fraction of sp³-hybridized carbons (Fsp3) is 0.500. The summed E-state index contributed by atoms with van der Waals surface area (Å²) in [6, 6.07) is -0.129. The van der Waals surface area contributed by atoms with E-state index in [1.165, 1.54) is 37.2 Å². The van der Waals surface area contributed by atoms with Crippen molar-refractivity contribution >= 4 is 22.3 Å². The Hall–Kier alpha value is -2.29. The van der Waals surface area contributed by atoms with Crippen LogP contribution in [0.3, 0.4) is 0 Å². The summed E-state index contributed by atoms with van der Waals surface area (Å²) in [5.41, 5.74) is 0.0398. The highest BCUT2D eigenvalue weighted by molar-refractivity contribution is 7.09. The Morgan fingerprint density at radius 3 is 3.04 bits per heavy atom. The molecular weight excluding hydrogens is 314 g/mol. The lowest BCUT2D eigenvalue weighted by Crippen LogP contribution is -2.13. The van der Waals surface area contributed by atoms with Crippen molar-refractivity contribution in [3.63, 3.8) is 0 Å². The van der Waals surface area contributed by atoms with Crippen molar-refractivity contribution in [2.24, 2.45) is 0 Å². The van der Waals surface area contributed by atoms with Crippen molar-refractivity contribution in [3.05, 3.63) is 34.4 Å². The van der Waals surface area contributed by atoms with Crippen LogP contribution < -0.4 is 10.9 Å². The van der Waals surface area contributed by atoms with Crippen molar-refractivity contribution in [2.75, 3.05) is 5.32 Å². The zero-order chi connectivity index (χ0) is 15.8. The fourth-order valence-electron chi connectivity index (χ4n) is 3.05. The monoisotopic (exact) mass is 331 g/mol. The molecule has 8 nitrogen and oxygen atoms in total. The van der Waals surface area contributed by atoms with Crippen LogP contribution in [0.2, 0.25) is 0 Å². The van der Waals surface area contributed by atoms with Crippen LogP contribution in [-0.2, 0) is 0 Å². The van der Waals surface area contributed by atoms with Gasteiger partial charge >= 0.3 is 0 Å². The second-order valence-corrected chi connectivity index (χ2v) is 6.60. The van der Waals surface area contributed by atoms with Gasteiger partial charge in [-0.05, 0) is 19.8 Å². The van der Waals surface area contributed by atoms with E-state index in [0.29, 0.717) is 17.4 Å². The second kappa shape index (κ2) is 5.73. The lowest BCUT2D eigenvalue weighted by atomic mass is 10.1. The van der Waals surface area contributed by atoms with Crippen LogP contribution in [0.15, 0.2) is 17.2 Å². The average Bonchev–Trinajstić information content (AvgIpc) is 3.27. The summed E-state index contributed by atoms with van der Waals surface area (Å²) in [5, 5.41) is 12.2. The van der Waals surface area contributed by atoms with Gasteiger partial charge in [0.2, 0.25) is 10.8 Å². The first-order valence-corrected chi connectivity index (χ1v) is 8.52. The molecular formula is C14H17N7OS. The van der Waals surface area contributed by atoms with Gasteiger partial charge in [0, 0.05) is 29.8 Å². The van der Waals surface area contributed by atoms with E-state index in [-0.39, 0.29) is 11.6 Å². The third kappa shape index (κ3) is 2.61. The Morgan fingerprint density at radius 2 is 2.22 bits per heavy atom. The van der Waals surface area contributed by atoms with Gasteiger partial charge in [-0.3, -0.25) is 9.20 Å². The molecule has 3 aromatic rings. The van der Waals surface area contributed by atoms with Crippen LogP contribution in [0.25, 0.3) is 5.65 Å². The van der Waals surface area contributed by atoms with E-state index in [0.717, 1.165) is 11.0 Å². The largest absolute Gasteiger partial charge is 0.351 e. The molecule has 0 radical (unpaired) electrons. The zero-order valence-corrected chi connectivity index (χ0v) is 13.5. The highest BCUT2D eigenvalue weighted by atomic mass is 32.1. The van der Waals surface area contributed by atoms with Gasteiger partial charge in [0.05, 0.1) is 6.04 Å². The fourth-order valence-corrected chi connectivity index (χ4v) is 3.78. The van der Waals surface area contributed by atoms with Gasteiger partial charge in [-0.25, -0.2) is 4.98 Å². The topological polar surface area (TPSA) is 101 Å². The molecule has 1 fully saturated rings. The number of aromatic nitrogens is 6. The Labute approximate surface area is 136 Å². The van der Waals surface area contributed by atoms with Crippen LogP contribution in [0, 0.1) is 0 Å². The zero-order valence-electron chi connectivity index (χ0n) is 12.7. The number of anilines is 1. The maximum Gasteiger partial charge on any atom is 0.293 e. The Morgan fingerprint density at radius 1 is 1.39 bits per heavy atom. The number of nitrogens with one attached hydrogen (secondary N) is 2. The lowest BCUT2D eigenvalue weighted by molar-refractivity contribution is 0.680. The van der Waals surface area contributed by atoms with E-state index in [1.54, 1.807) is 16.8 Å². The summed E-state index contributed by atoms with van der Waals surface area (Å²) >= 11 is 1.37. The SMILES string of the molecule is CC(Nc1nc(C2CCCC2)ns1)c1nnc2c(=O)[nH]ccn12. The summed E-state index contributed by atoms with van der Waals surface area (Å²) in [6.07, 6.45) is 8.23. The van der Waals surface area contributed by atoms with Crippen molar-refractivity contribution in [1.82, 2.24) is 28.9 Å². The first kappa shape index (κ1) is 14.3. The Bertz CT molecular complexity index is 877. The van der Waals surface area contributed by atoms with Crippen LogP contribution in [0.1, 0.15) is 56.2 Å². The van der Waals surface area contributed by atoms with Crippen LogP contribution in [0.4, 0.5) is 5.13 Å². The van der Waals surface area contributed by atoms with E-state index in [4.69, 9.17) is 0 Å². The molecule has 2 N–H and O–H groups in total. The quantitative estimate of drug-likeness (QED) is 0.759. The normalized spacial score (nSPS) is 16.9. The third-order valence-electron chi connectivity index (χ3n) is 4.25. The van der Waals surface area contributed by atoms with Gasteiger partial charge in [-0.2, -0.15) is 4.37 Å². The molecule has 3 aromatic heterocycles. The van der Waals surface area contributed by atoms with Crippen LogP contribution >= 0.6 is 11.5 Å². The van der Waals surface area contributed by atoms with Crippen molar-refractivity contribution in [2.45, 2.75) is 44.6 Å². The summed E-state index contributed by atoms with van der Waals surface area (Å²) in [7, 11) is 0. The number of rotatable bonds is 4. The van der Waals surface area contributed by atoms with Gasteiger partial charge < -0.3 is 10.3 Å². The molecule has 0 amide bonds. The van der Waals surface area contributed by atoms with Gasteiger partial charge in [0.1, 0.15) is 5.82 Å². The van der Waals surface area contributed by atoms with Gasteiger partial charge in [0.25, 0.3) is 5.56 Å². The lowest BCUT2D eigenvalue weighted by Gasteiger charge is -2.10. The molecule has 4 rings (SSSR count). The number of nitrogens with zero attached hydrogens (tertiary/aromatic N) is 5. The maximum atomic E-state index is 11.7. The Kier molecular flexibility index (Phi) is 3.56. The van der Waals surface area contributed by atoms with Crippen LogP contribution in [-0.4, -0.2) is 28.9 Å². The molecule has 0 spiro atoms. The molecule has 0 aliphatic heterocycles. The van der Waals surface area contributed by atoms with Crippen molar-refractivity contribution in [1.29, 1.82) is 0 Å². The molecule has 3 heterocycles. The minimum absolute atomic E-state index is 0.129. The van der Waals surface area contributed by atoms with E-state index in [1.807, 2.05) is 6.92 Å². The molecule has 120 valence electrons. The highest BCUT2D eigenvalue weighted by Gasteiger charge is 2.22. The van der Waals surface area contributed by atoms with E-state index < -0.39 is 0 Å². The average molecular weight is 331 g/mol. The molecule has 1 saturated carbocycles. The Balaban J connectivity index is 1.56. The summed E-state index contributed by atoms with van der Waals surface area (Å²) in [4.78, 5) is 18.9. The second-order valence-electron chi connectivity index (χ2n) is 5.85. The number of hydrogen-bond donors (Lipinski definition) is 2. The van der Waals surface area contributed by atoms with Gasteiger partial charge in [0.15, 0.2) is 5.82 Å². The molecule has 9 heteroatoms. The molecule has 0 aromatic carbocycles. The van der Waals surface area contributed by atoms with E-state index in [9.17, 15) is 4.79 Å². The number of H-pyrrole nitrogens is 1. The predicted octanol–water partition coefficient (Wildman–Crippen LogP) is 2.10. The molecule has 1 atom stereocenters. The van der Waals surface area contributed by atoms with Crippen molar-refractivity contribution in [3.8, 4) is 0 Å². The molecule has 1 aliphatic carbocycles. The minimum atomic E-state index is -0.252. The number of fused-ring (bicyclic) bond motifs is 1. The minimum Gasteiger partial charge on any atom is -0.351 e. The number of aromatic amines is 1. The highest BCUT2D eigenvalue weighted by Crippen LogP contribution is 2.34. The van der Waals surface area contributed by atoms with Crippen molar-refractivity contribution < 1.29 is 0 Å². The predicted molar refractivity (Wildman–Crippen MR) is 86.8 cm³/mol. The first-order valence-electron chi connectivity index (χ1n) is 7.75. The molecule has 0 saturated heterocycles. The smallest absolute Gasteiger partial charge is 0.293 e. The summed E-state index contributed by atoms with van der Waals surface area (Å²) in [5.74, 6) is 2.12. The van der Waals surface area contributed by atoms with Gasteiger partial charge in [-0.15, -0.1) is 10.2 Å². The number of hydrogen-bond acceptors (Lipinski definition) is 7.